The SMILES string of the molecule is CONC(C)CCl.Cl. The van der Waals surface area contributed by atoms with Crippen LogP contribution in [0.4, 0.5) is 0 Å². The highest BCUT2D eigenvalue weighted by atomic mass is 35.5. The van der Waals surface area contributed by atoms with Gasteiger partial charge in [0.2, 0.25) is 0 Å². The van der Waals surface area contributed by atoms with Gasteiger partial charge in [-0.25, -0.2) is 0 Å². The summed E-state index contributed by atoms with van der Waals surface area (Å²) in [6.07, 6.45) is 0. The Morgan fingerprint density at radius 2 is 2.25 bits per heavy atom. The molecule has 1 atom stereocenters. The van der Waals surface area contributed by atoms with Crippen LogP contribution in [-0.2, 0) is 4.84 Å². The van der Waals surface area contributed by atoms with Crippen LogP contribution in [0, 0.1) is 0 Å². The zero-order chi connectivity index (χ0) is 5.70. The van der Waals surface area contributed by atoms with Crippen LogP contribution in [0.3, 0.4) is 0 Å². The van der Waals surface area contributed by atoms with Gasteiger partial charge < -0.3 is 4.84 Å². The zero-order valence-electron chi connectivity index (χ0n) is 4.98. The Morgan fingerprint density at radius 3 is 2.38 bits per heavy atom. The molecule has 1 N–H and O–H groups in total. The molecule has 4 heteroatoms. The largest absolute Gasteiger partial charge is 0.305 e. The van der Waals surface area contributed by atoms with Crippen molar-refractivity contribution in [3.8, 4) is 0 Å². The average molecular weight is 160 g/mol. The third kappa shape index (κ3) is 6.50. The fourth-order valence-electron chi connectivity index (χ4n) is 0.233. The molecular weight excluding hydrogens is 149 g/mol. The van der Waals surface area contributed by atoms with Crippen LogP contribution < -0.4 is 5.48 Å². The number of halogens is 2. The van der Waals surface area contributed by atoms with Crippen molar-refractivity contribution in [1.29, 1.82) is 0 Å². The van der Waals surface area contributed by atoms with Gasteiger partial charge in [-0.05, 0) is 6.92 Å². The molecule has 0 aliphatic heterocycles. The van der Waals surface area contributed by atoms with Crippen molar-refractivity contribution in [2.24, 2.45) is 0 Å². The van der Waals surface area contributed by atoms with Gasteiger partial charge >= 0.3 is 0 Å². The molecule has 0 saturated carbocycles. The third-order valence-electron chi connectivity index (χ3n) is 0.550. The van der Waals surface area contributed by atoms with Gasteiger partial charge in [0.05, 0.1) is 7.11 Å². The lowest BCUT2D eigenvalue weighted by Crippen LogP contribution is -2.25. The Bertz CT molecular complexity index is 45.0. The van der Waals surface area contributed by atoms with E-state index in [9.17, 15) is 0 Å². The lowest BCUT2D eigenvalue weighted by atomic mass is 10.4. The normalized spacial score (nSPS) is 12.4. The van der Waals surface area contributed by atoms with E-state index in [1.165, 1.54) is 0 Å². The summed E-state index contributed by atoms with van der Waals surface area (Å²) >= 11 is 5.39. The maximum Gasteiger partial charge on any atom is 0.0572 e. The lowest BCUT2D eigenvalue weighted by Gasteiger charge is -2.04. The molecule has 0 radical (unpaired) electrons. The highest BCUT2D eigenvalue weighted by Crippen LogP contribution is 1.82. The molecule has 0 rings (SSSR count). The van der Waals surface area contributed by atoms with Crippen LogP contribution in [0.5, 0.6) is 0 Å². The van der Waals surface area contributed by atoms with Crippen molar-refractivity contribution >= 4 is 24.0 Å². The van der Waals surface area contributed by atoms with E-state index in [0.717, 1.165) is 0 Å². The minimum absolute atomic E-state index is 0. The van der Waals surface area contributed by atoms with Gasteiger partial charge in [-0.3, -0.25) is 0 Å². The van der Waals surface area contributed by atoms with Crippen LogP contribution in [-0.4, -0.2) is 19.0 Å². The standard InChI is InChI=1S/C4H10ClNO.ClH/c1-4(3-5)6-7-2;/h4,6H,3H2,1-2H3;1H. The summed E-state index contributed by atoms with van der Waals surface area (Å²) in [6, 6.07) is 0.242. The lowest BCUT2D eigenvalue weighted by molar-refractivity contribution is 0.0720. The first-order valence-electron chi connectivity index (χ1n) is 2.15. The fourth-order valence-corrected chi connectivity index (χ4v) is 0.296. The molecule has 0 spiro atoms. The molecule has 2 nitrogen and oxygen atoms in total. The van der Waals surface area contributed by atoms with Crippen LogP contribution in [0.2, 0.25) is 0 Å². The molecule has 0 heterocycles. The van der Waals surface area contributed by atoms with Crippen LogP contribution in [0.25, 0.3) is 0 Å². The molecule has 0 saturated heterocycles. The number of hydrogen-bond acceptors (Lipinski definition) is 2. The Kier molecular flexibility index (Phi) is 10.6. The van der Waals surface area contributed by atoms with E-state index in [1.807, 2.05) is 6.92 Å². The van der Waals surface area contributed by atoms with Gasteiger partial charge in [0.1, 0.15) is 0 Å². The predicted molar refractivity (Wildman–Crippen MR) is 37.6 cm³/mol. The Morgan fingerprint density at radius 1 is 1.75 bits per heavy atom. The predicted octanol–water partition coefficient (Wildman–Crippen LogP) is 1.19. The molecule has 0 amide bonds. The number of alkyl halides is 1. The van der Waals surface area contributed by atoms with Crippen LogP contribution >= 0.6 is 24.0 Å². The maximum atomic E-state index is 5.39. The van der Waals surface area contributed by atoms with E-state index in [2.05, 4.69) is 10.3 Å². The van der Waals surface area contributed by atoms with Crippen molar-refractivity contribution in [3.05, 3.63) is 0 Å². The van der Waals surface area contributed by atoms with E-state index >= 15 is 0 Å². The first-order valence-corrected chi connectivity index (χ1v) is 2.69. The maximum absolute atomic E-state index is 5.39. The van der Waals surface area contributed by atoms with Crippen molar-refractivity contribution < 1.29 is 4.84 Å². The topological polar surface area (TPSA) is 21.3 Å². The fraction of sp³-hybridized carbons (Fsp3) is 1.00. The molecule has 1 unspecified atom stereocenters. The van der Waals surface area contributed by atoms with Gasteiger partial charge in [0.25, 0.3) is 0 Å². The molecule has 8 heavy (non-hydrogen) atoms. The third-order valence-corrected chi connectivity index (χ3v) is 1.01. The summed E-state index contributed by atoms with van der Waals surface area (Å²) in [7, 11) is 1.57. The molecule has 0 fully saturated rings. The minimum Gasteiger partial charge on any atom is -0.305 e. The van der Waals surface area contributed by atoms with E-state index < -0.39 is 0 Å². The summed E-state index contributed by atoms with van der Waals surface area (Å²) < 4.78 is 0. The second-order valence-corrected chi connectivity index (χ2v) is 1.69. The van der Waals surface area contributed by atoms with Gasteiger partial charge in [-0.2, -0.15) is 5.48 Å². The molecule has 0 aliphatic rings. The minimum atomic E-state index is 0. The van der Waals surface area contributed by atoms with Crippen molar-refractivity contribution in [1.82, 2.24) is 5.48 Å². The average Bonchev–Trinajstić information content (AvgIpc) is 1.68. The Balaban J connectivity index is 0. The van der Waals surface area contributed by atoms with Crippen molar-refractivity contribution in [3.63, 3.8) is 0 Å². The van der Waals surface area contributed by atoms with E-state index in [1.54, 1.807) is 7.11 Å². The highest BCUT2D eigenvalue weighted by molar-refractivity contribution is 6.18. The van der Waals surface area contributed by atoms with E-state index in [-0.39, 0.29) is 18.4 Å². The number of hydroxylamine groups is 1. The molecule has 0 aromatic rings. The Hall–Kier alpha value is 0.500. The molecule has 0 aliphatic carbocycles. The van der Waals surface area contributed by atoms with Gasteiger partial charge in [-0.1, -0.05) is 0 Å². The second kappa shape index (κ2) is 7.50. The molecule has 52 valence electrons. The number of rotatable bonds is 3. The quantitative estimate of drug-likeness (QED) is 0.494. The first-order chi connectivity index (χ1) is 3.31. The van der Waals surface area contributed by atoms with E-state index in [4.69, 9.17) is 11.6 Å². The zero-order valence-corrected chi connectivity index (χ0v) is 6.55. The van der Waals surface area contributed by atoms with Gasteiger partial charge in [0.15, 0.2) is 0 Å². The summed E-state index contributed by atoms with van der Waals surface area (Å²) in [6.45, 7) is 1.94. The second-order valence-electron chi connectivity index (χ2n) is 1.38. The van der Waals surface area contributed by atoms with Gasteiger partial charge in [-0.15, -0.1) is 24.0 Å². The molecular formula is C4H11Cl2NO. The molecule has 0 bridgehead atoms. The summed E-state index contributed by atoms with van der Waals surface area (Å²) in [4.78, 5) is 4.56. The van der Waals surface area contributed by atoms with Crippen LogP contribution in [0.1, 0.15) is 6.92 Å². The van der Waals surface area contributed by atoms with Crippen LogP contribution in [0.15, 0.2) is 0 Å². The number of hydrogen-bond donors (Lipinski definition) is 1. The van der Waals surface area contributed by atoms with Gasteiger partial charge in [0, 0.05) is 11.9 Å². The summed E-state index contributed by atoms with van der Waals surface area (Å²) in [5.74, 6) is 0.577. The summed E-state index contributed by atoms with van der Waals surface area (Å²) in [5, 5.41) is 0. The molecule has 0 aromatic heterocycles. The smallest absolute Gasteiger partial charge is 0.0572 e. The number of nitrogens with one attached hydrogen (secondary N) is 1. The first kappa shape index (κ1) is 11.3. The monoisotopic (exact) mass is 159 g/mol. The molecule has 0 aromatic carbocycles. The van der Waals surface area contributed by atoms with Crippen molar-refractivity contribution in [2.45, 2.75) is 13.0 Å². The van der Waals surface area contributed by atoms with Crippen molar-refractivity contribution in [2.75, 3.05) is 13.0 Å². The van der Waals surface area contributed by atoms with E-state index in [0.29, 0.717) is 5.88 Å². The Labute approximate surface area is 60.9 Å². The summed E-state index contributed by atoms with van der Waals surface area (Å²) in [5.41, 5.74) is 2.66. The highest BCUT2D eigenvalue weighted by Gasteiger charge is 1.92.